The van der Waals surface area contributed by atoms with Crippen molar-refractivity contribution in [3.63, 3.8) is 0 Å². The van der Waals surface area contributed by atoms with Gasteiger partial charge in [0.25, 0.3) is 0 Å². The molecule has 1 heterocycles. The van der Waals surface area contributed by atoms with E-state index in [4.69, 9.17) is 4.74 Å². The molecule has 2 fully saturated rings. The van der Waals surface area contributed by atoms with Gasteiger partial charge in [-0.15, -0.1) is 0 Å². The quantitative estimate of drug-likeness (QED) is 0.754. The summed E-state index contributed by atoms with van der Waals surface area (Å²) in [7, 11) is 0. The fourth-order valence-electron chi connectivity index (χ4n) is 2.55. The van der Waals surface area contributed by atoms with Gasteiger partial charge in [-0.25, -0.2) is 0 Å². The highest BCUT2D eigenvalue weighted by atomic mass is 16.5. The summed E-state index contributed by atoms with van der Waals surface area (Å²) in [6.07, 6.45) is 7.14. The van der Waals surface area contributed by atoms with E-state index in [2.05, 4.69) is 19.2 Å². The normalized spacial score (nSPS) is 34.0. The molecule has 0 aromatic rings. The summed E-state index contributed by atoms with van der Waals surface area (Å²) < 4.78 is 5.96. The zero-order chi connectivity index (χ0) is 10.7. The topological polar surface area (TPSA) is 21.3 Å². The SMILES string of the molecule is CCC(C)C1OCCCC1CNC1CC1. The maximum atomic E-state index is 5.96. The van der Waals surface area contributed by atoms with Crippen LogP contribution in [0.1, 0.15) is 46.0 Å². The molecule has 0 bridgehead atoms. The number of hydrogen-bond acceptors (Lipinski definition) is 2. The van der Waals surface area contributed by atoms with Crippen LogP contribution in [0.3, 0.4) is 0 Å². The molecule has 2 nitrogen and oxygen atoms in total. The van der Waals surface area contributed by atoms with Crippen LogP contribution in [0.5, 0.6) is 0 Å². The average molecular weight is 211 g/mol. The van der Waals surface area contributed by atoms with Gasteiger partial charge in [-0.2, -0.15) is 0 Å². The Kier molecular flexibility index (Phi) is 4.04. The zero-order valence-electron chi connectivity index (χ0n) is 10.2. The summed E-state index contributed by atoms with van der Waals surface area (Å²) in [6.45, 7) is 6.77. The van der Waals surface area contributed by atoms with E-state index in [1.165, 1.54) is 38.6 Å². The number of rotatable bonds is 5. The molecule has 3 unspecified atom stereocenters. The highest BCUT2D eigenvalue weighted by Crippen LogP contribution is 2.28. The van der Waals surface area contributed by atoms with Crippen molar-refractivity contribution in [1.82, 2.24) is 5.32 Å². The molecule has 1 N–H and O–H groups in total. The molecule has 15 heavy (non-hydrogen) atoms. The monoisotopic (exact) mass is 211 g/mol. The molecule has 0 aromatic carbocycles. The minimum Gasteiger partial charge on any atom is -0.378 e. The second kappa shape index (κ2) is 5.31. The summed E-state index contributed by atoms with van der Waals surface area (Å²) >= 11 is 0. The first-order chi connectivity index (χ1) is 7.31. The van der Waals surface area contributed by atoms with E-state index < -0.39 is 0 Å². The molecule has 0 amide bonds. The maximum Gasteiger partial charge on any atom is 0.0640 e. The van der Waals surface area contributed by atoms with Crippen molar-refractivity contribution in [3.05, 3.63) is 0 Å². The predicted octanol–water partition coefficient (Wildman–Crippen LogP) is 2.58. The summed E-state index contributed by atoms with van der Waals surface area (Å²) in [5.41, 5.74) is 0. The molecule has 0 spiro atoms. The largest absolute Gasteiger partial charge is 0.378 e. The Labute approximate surface area is 93.8 Å². The van der Waals surface area contributed by atoms with Gasteiger partial charge < -0.3 is 10.1 Å². The van der Waals surface area contributed by atoms with Gasteiger partial charge in [-0.3, -0.25) is 0 Å². The summed E-state index contributed by atoms with van der Waals surface area (Å²) in [5.74, 6) is 1.48. The highest BCUT2D eigenvalue weighted by molar-refractivity contribution is 4.85. The number of nitrogens with one attached hydrogen (secondary N) is 1. The van der Waals surface area contributed by atoms with Gasteiger partial charge in [0.2, 0.25) is 0 Å². The standard InChI is InChI=1S/C13H25NO/c1-3-10(2)13-11(5-4-8-15-13)9-14-12-6-7-12/h10-14H,3-9H2,1-2H3. The lowest BCUT2D eigenvalue weighted by atomic mass is 9.85. The Morgan fingerprint density at radius 2 is 2.13 bits per heavy atom. The lowest BCUT2D eigenvalue weighted by molar-refractivity contribution is -0.0565. The Bertz CT molecular complexity index is 191. The molecule has 1 aliphatic heterocycles. The van der Waals surface area contributed by atoms with Gasteiger partial charge in [-0.1, -0.05) is 20.3 Å². The highest BCUT2D eigenvalue weighted by Gasteiger charge is 2.31. The van der Waals surface area contributed by atoms with Crippen molar-refractivity contribution in [1.29, 1.82) is 0 Å². The summed E-state index contributed by atoms with van der Waals surface area (Å²) in [5, 5.41) is 3.66. The Morgan fingerprint density at radius 1 is 1.33 bits per heavy atom. The third-order valence-corrected chi connectivity index (χ3v) is 3.95. The van der Waals surface area contributed by atoms with E-state index in [0.29, 0.717) is 6.10 Å². The van der Waals surface area contributed by atoms with Crippen LogP contribution in [0.2, 0.25) is 0 Å². The van der Waals surface area contributed by atoms with Crippen LogP contribution in [0.25, 0.3) is 0 Å². The van der Waals surface area contributed by atoms with E-state index >= 15 is 0 Å². The molecule has 3 atom stereocenters. The second-order valence-corrected chi connectivity index (χ2v) is 5.31. The fraction of sp³-hybridized carbons (Fsp3) is 1.00. The predicted molar refractivity (Wildman–Crippen MR) is 62.9 cm³/mol. The summed E-state index contributed by atoms with van der Waals surface area (Å²) in [4.78, 5) is 0. The van der Waals surface area contributed by atoms with Crippen molar-refractivity contribution in [2.45, 2.75) is 58.1 Å². The summed E-state index contributed by atoms with van der Waals surface area (Å²) in [6, 6.07) is 0.838. The molecular formula is C13H25NO. The van der Waals surface area contributed by atoms with Crippen LogP contribution in [0.4, 0.5) is 0 Å². The lowest BCUT2D eigenvalue weighted by Crippen LogP contribution is -2.40. The molecule has 2 rings (SSSR count). The van der Waals surface area contributed by atoms with Crippen molar-refractivity contribution >= 4 is 0 Å². The van der Waals surface area contributed by atoms with Gasteiger partial charge in [0.05, 0.1) is 6.10 Å². The molecule has 0 radical (unpaired) electrons. The molecule has 2 heteroatoms. The Morgan fingerprint density at radius 3 is 2.80 bits per heavy atom. The first-order valence-corrected chi connectivity index (χ1v) is 6.66. The van der Waals surface area contributed by atoms with Crippen molar-refractivity contribution in [3.8, 4) is 0 Å². The molecule has 1 saturated heterocycles. The molecule has 1 aliphatic carbocycles. The van der Waals surface area contributed by atoms with Crippen LogP contribution >= 0.6 is 0 Å². The fourth-order valence-corrected chi connectivity index (χ4v) is 2.55. The first-order valence-electron chi connectivity index (χ1n) is 6.66. The van der Waals surface area contributed by atoms with Gasteiger partial charge in [-0.05, 0) is 37.5 Å². The van der Waals surface area contributed by atoms with Crippen LogP contribution in [-0.4, -0.2) is 25.3 Å². The van der Waals surface area contributed by atoms with Gasteiger partial charge in [0.1, 0.15) is 0 Å². The molecular weight excluding hydrogens is 186 g/mol. The van der Waals surface area contributed by atoms with Crippen LogP contribution < -0.4 is 5.32 Å². The van der Waals surface area contributed by atoms with Gasteiger partial charge in [0, 0.05) is 19.2 Å². The molecule has 0 aromatic heterocycles. The number of hydrogen-bond donors (Lipinski definition) is 1. The van der Waals surface area contributed by atoms with Crippen molar-refractivity contribution in [2.24, 2.45) is 11.8 Å². The first kappa shape index (κ1) is 11.4. The van der Waals surface area contributed by atoms with Crippen LogP contribution in [0.15, 0.2) is 0 Å². The Hall–Kier alpha value is -0.0800. The Balaban J connectivity index is 1.80. The van der Waals surface area contributed by atoms with E-state index in [0.717, 1.165) is 24.5 Å². The maximum absolute atomic E-state index is 5.96. The molecule has 88 valence electrons. The minimum absolute atomic E-state index is 0.509. The van der Waals surface area contributed by atoms with Crippen LogP contribution in [-0.2, 0) is 4.74 Å². The minimum atomic E-state index is 0.509. The smallest absolute Gasteiger partial charge is 0.0640 e. The number of ether oxygens (including phenoxy) is 1. The third kappa shape index (κ3) is 3.18. The third-order valence-electron chi connectivity index (χ3n) is 3.95. The van der Waals surface area contributed by atoms with Crippen LogP contribution in [0, 0.1) is 11.8 Å². The second-order valence-electron chi connectivity index (χ2n) is 5.31. The van der Waals surface area contributed by atoms with Gasteiger partial charge in [0.15, 0.2) is 0 Å². The van der Waals surface area contributed by atoms with Gasteiger partial charge >= 0.3 is 0 Å². The van der Waals surface area contributed by atoms with E-state index in [-0.39, 0.29) is 0 Å². The van der Waals surface area contributed by atoms with E-state index in [9.17, 15) is 0 Å². The lowest BCUT2D eigenvalue weighted by Gasteiger charge is -2.35. The zero-order valence-corrected chi connectivity index (χ0v) is 10.2. The van der Waals surface area contributed by atoms with E-state index in [1.54, 1.807) is 0 Å². The van der Waals surface area contributed by atoms with E-state index in [1.807, 2.05) is 0 Å². The molecule has 2 aliphatic rings. The molecule has 1 saturated carbocycles. The average Bonchev–Trinajstić information content (AvgIpc) is 3.09. The van der Waals surface area contributed by atoms with Crippen molar-refractivity contribution in [2.75, 3.05) is 13.2 Å². The van der Waals surface area contributed by atoms with Crippen molar-refractivity contribution < 1.29 is 4.74 Å².